The molecule has 0 spiro atoms. The van der Waals surface area contributed by atoms with Crippen molar-refractivity contribution in [1.29, 1.82) is 0 Å². The van der Waals surface area contributed by atoms with Crippen LogP contribution in [0, 0.1) is 5.41 Å². The number of pyridine rings is 1. The first-order valence-electron chi connectivity index (χ1n) is 6.27. The number of hydrogen-bond acceptors (Lipinski definition) is 3. The normalized spacial score (nSPS) is 25.7. The molecule has 3 nitrogen and oxygen atoms in total. The maximum Gasteiger partial charge on any atom is 0.145 e. The van der Waals surface area contributed by atoms with Crippen LogP contribution in [0.15, 0.2) is 36.5 Å². The fourth-order valence-electron chi connectivity index (χ4n) is 2.39. The van der Waals surface area contributed by atoms with Crippen LogP contribution in [0.3, 0.4) is 0 Å². The van der Waals surface area contributed by atoms with Gasteiger partial charge in [-0.1, -0.05) is 32.0 Å². The topological polar surface area (TPSA) is 42.4 Å². The van der Waals surface area contributed by atoms with Crippen LogP contribution in [-0.4, -0.2) is 22.3 Å². The van der Waals surface area contributed by atoms with Crippen molar-refractivity contribution in [2.24, 2.45) is 5.41 Å². The number of aliphatic hydroxyl groups excluding tert-OH is 1. The van der Waals surface area contributed by atoms with E-state index >= 15 is 0 Å². The Morgan fingerprint density at radius 3 is 2.78 bits per heavy atom. The van der Waals surface area contributed by atoms with Crippen molar-refractivity contribution in [3.05, 3.63) is 36.5 Å². The van der Waals surface area contributed by atoms with Crippen molar-refractivity contribution in [2.45, 2.75) is 32.5 Å². The predicted octanol–water partition coefficient (Wildman–Crippen LogP) is 2.77. The molecule has 0 bridgehead atoms. The molecule has 2 unspecified atom stereocenters. The van der Waals surface area contributed by atoms with Crippen LogP contribution in [0.4, 0.5) is 0 Å². The molecular weight excluding hydrogens is 226 g/mol. The molecule has 94 valence electrons. The lowest BCUT2D eigenvalue weighted by atomic mass is 9.66. The average Bonchev–Trinajstić information content (AvgIpc) is 2.39. The molecule has 1 aliphatic carbocycles. The standard InChI is InChI=1S/C15H17NO2/c1-15(2)12(17)9-13(15)18-11-7-3-5-10-6-4-8-16-14(10)11/h3-8,12-13,17H,9H2,1-2H3. The minimum Gasteiger partial charge on any atom is -0.487 e. The van der Waals surface area contributed by atoms with Crippen LogP contribution in [0.25, 0.3) is 10.9 Å². The van der Waals surface area contributed by atoms with E-state index < -0.39 is 0 Å². The smallest absolute Gasteiger partial charge is 0.145 e. The van der Waals surface area contributed by atoms with Gasteiger partial charge >= 0.3 is 0 Å². The Kier molecular flexibility index (Phi) is 2.52. The molecule has 3 rings (SSSR count). The Hall–Kier alpha value is -1.61. The molecule has 0 aliphatic heterocycles. The third-order valence-corrected chi connectivity index (χ3v) is 3.99. The molecule has 1 aromatic heterocycles. The second kappa shape index (κ2) is 3.95. The highest BCUT2D eigenvalue weighted by molar-refractivity contribution is 5.84. The third-order valence-electron chi connectivity index (χ3n) is 3.99. The van der Waals surface area contributed by atoms with Crippen molar-refractivity contribution in [3.8, 4) is 5.75 Å². The van der Waals surface area contributed by atoms with Gasteiger partial charge in [0.05, 0.1) is 6.10 Å². The largest absolute Gasteiger partial charge is 0.487 e. The lowest BCUT2D eigenvalue weighted by Gasteiger charge is -2.48. The molecule has 0 saturated heterocycles. The molecule has 1 aromatic carbocycles. The third kappa shape index (κ3) is 1.66. The predicted molar refractivity (Wildman–Crippen MR) is 70.6 cm³/mol. The van der Waals surface area contributed by atoms with E-state index in [0.717, 1.165) is 16.7 Å². The number of ether oxygens (including phenoxy) is 1. The number of hydrogen-bond donors (Lipinski definition) is 1. The number of aliphatic hydroxyl groups is 1. The van der Waals surface area contributed by atoms with Gasteiger partial charge in [0.1, 0.15) is 17.4 Å². The lowest BCUT2D eigenvalue weighted by molar-refractivity contribution is -0.134. The fraction of sp³-hybridized carbons (Fsp3) is 0.400. The summed E-state index contributed by atoms with van der Waals surface area (Å²) in [5.74, 6) is 0.804. The molecule has 2 aromatic rings. The Bertz CT molecular complexity index is 574. The molecule has 1 fully saturated rings. The maximum absolute atomic E-state index is 9.74. The van der Waals surface area contributed by atoms with Gasteiger partial charge in [0.2, 0.25) is 0 Å². The van der Waals surface area contributed by atoms with Gasteiger partial charge in [0, 0.05) is 23.4 Å². The molecule has 1 aliphatic rings. The second-order valence-electron chi connectivity index (χ2n) is 5.51. The Morgan fingerprint density at radius 1 is 1.28 bits per heavy atom. The van der Waals surface area contributed by atoms with Gasteiger partial charge in [-0.25, -0.2) is 0 Å². The molecule has 0 amide bonds. The summed E-state index contributed by atoms with van der Waals surface area (Å²) in [7, 11) is 0. The summed E-state index contributed by atoms with van der Waals surface area (Å²) >= 11 is 0. The number of fused-ring (bicyclic) bond motifs is 1. The van der Waals surface area contributed by atoms with Gasteiger partial charge in [-0.3, -0.25) is 4.98 Å². The van der Waals surface area contributed by atoms with E-state index in [1.807, 2.05) is 44.2 Å². The van der Waals surface area contributed by atoms with Crippen LogP contribution in [0.5, 0.6) is 5.75 Å². The summed E-state index contributed by atoms with van der Waals surface area (Å²) in [6.07, 6.45) is 2.25. The summed E-state index contributed by atoms with van der Waals surface area (Å²) in [5, 5.41) is 10.8. The van der Waals surface area contributed by atoms with Crippen molar-refractivity contribution >= 4 is 10.9 Å². The van der Waals surface area contributed by atoms with E-state index in [9.17, 15) is 5.11 Å². The summed E-state index contributed by atoms with van der Waals surface area (Å²) in [6, 6.07) is 9.88. The van der Waals surface area contributed by atoms with Gasteiger partial charge in [-0.15, -0.1) is 0 Å². The van der Waals surface area contributed by atoms with Crippen LogP contribution in [0.1, 0.15) is 20.3 Å². The quantitative estimate of drug-likeness (QED) is 0.882. The van der Waals surface area contributed by atoms with Crippen molar-refractivity contribution in [3.63, 3.8) is 0 Å². The fourth-order valence-corrected chi connectivity index (χ4v) is 2.39. The van der Waals surface area contributed by atoms with Crippen molar-refractivity contribution in [1.82, 2.24) is 4.98 Å². The Morgan fingerprint density at radius 2 is 2.06 bits per heavy atom. The van der Waals surface area contributed by atoms with Gasteiger partial charge in [-0.05, 0) is 12.1 Å². The highest BCUT2D eigenvalue weighted by Gasteiger charge is 2.49. The first-order chi connectivity index (χ1) is 8.59. The average molecular weight is 243 g/mol. The van der Waals surface area contributed by atoms with E-state index in [0.29, 0.717) is 6.42 Å². The molecule has 1 saturated carbocycles. The zero-order chi connectivity index (χ0) is 12.8. The van der Waals surface area contributed by atoms with Crippen molar-refractivity contribution < 1.29 is 9.84 Å². The minimum absolute atomic E-state index is 0.0557. The lowest BCUT2D eigenvalue weighted by Crippen LogP contribution is -2.56. The highest BCUT2D eigenvalue weighted by Crippen LogP contribution is 2.43. The van der Waals surface area contributed by atoms with Gasteiger partial charge in [-0.2, -0.15) is 0 Å². The molecule has 1 heterocycles. The molecule has 1 N–H and O–H groups in total. The number of para-hydroxylation sites is 1. The SMILES string of the molecule is CC1(C)C(O)CC1Oc1cccc2cccnc12. The molecule has 3 heteroatoms. The number of rotatable bonds is 2. The van der Waals surface area contributed by atoms with Crippen LogP contribution in [-0.2, 0) is 0 Å². The zero-order valence-electron chi connectivity index (χ0n) is 10.6. The number of aromatic nitrogens is 1. The van der Waals surface area contributed by atoms with E-state index in [-0.39, 0.29) is 17.6 Å². The Labute approximate surface area is 106 Å². The van der Waals surface area contributed by atoms with E-state index in [2.05, 4.69) is 4.98 Å². The van der Waals surface area contributed by atoms with Crippen LogP contribution < -0.4 is 4.74 Å². The van der Waals surface area contributed by atoms with Crippen LogP contribution >= 0.6 is 0 Å². The Balaban J connectivity index is 1.92. The molecule has 2 atom stereocenters. The second-order valence-corrected chi connectivity index (χ2v) is 5.51. The summed E-state index contributed by atoms with van der Waals surface area (Å²) < 4.78 is 6.03. The summed E-state index contributed by atoms with van der Waals surface area (Å²) in [5.41, 5.74) is 0.703. The van der Waals surface area contributed by atoms with Gasteiger partial charge in [0.25, 0.3) is 0 Å². The molecular formula is C15H17NO2. The first-order valence-corrected chi connectivity index (χ1v) is 6.27. The zero-order valence-corrected chi connectivity index (χ0v) is 10.6. The van der Waals surface area contributed by atoms with E-state index in [1.54, 1.807) is 6.20 Å². The molecule has 18 heavy (non-hydrogen) atoms. The number of benzene rings is 1. The van der Waals surface area contributed by atoms with Crippen LogP contribution in [0.2, 0.25) is 0 Å². The molecule has 0 radical (unpaired) electrons. The summed E-state index contributed by atoms with van der Waals surface area (Å²) in [4.78, 5) is 4.37. The highest BCUT2D eigenvalue weighted by atomic mass is 16.5. The van der Waals surface area contributed by atoms with Gasteiger partial charge in [0.15, 0.2) is 0 Å². The van der Waals surface area contributed by atoms with Gasteiger partial charge < -0.3 is 9.84 Å². The maximum atomic E-state index is 9.74. The first kappa shape index (κ1) is 11.5. The van der Waals surface area contributed by atoms with E-state index in [1.165, 1.54) is 0 Å². The van der Waals surface area contributed by atoms with E-state index in [4.69, 9.17) is 4.74 Å². The summed E-state index contributed by atoms with van der Waals surface area (Å²) in [6.45, 7) is 4.06. The monoisotopic (exact) mass is 243 g/mol. The number of nitrogens with zero attached hydrogens (tertiary/aromatic N) is 1. The minimum atomic E-state index is -0.273. The van der Waals surface area contributed by atoms with Crippen molar-refractivity contribution in [2.75, 3.05) is 0 Å².